The Labute approximate surface area is 144 Å². The molecule has 132 valence electrons. The van der Waals surface area contributed by atoms with Gasteiger partial charge in [0.2, 0.25) is 5.78 Å². The lowest BCUT2D eigenvalue weighted by atomic mass is 10.2. The molecule has 25 heavy (non-hydrogen) atoms. The molecular formula is C18H23N5O2. The summed E-state index contributed by atoms with van der Waals surface area (Å²) in [5, 5.41) is 0. The van der Waals surface area contributed by atoms with Crippen LogP contribution in [0.2, 0.25) is 0 Å². The summed E-state index contributed by atoms with van der Waals surface area (Å²) in [7, 11) is 1.68. The average Bonchev–Trinajstić information content (AvgIpc) is 3.28. The van der Waals surface area contributed by atoms with Crippen LogP contribution in [0, 0.1) is 6.92 Å². The highest BCUT2D eigenvalue weighted by molar-refractivity contribution is 5.75. The predicted octanol–water partition coefficient (Wildman–Crippen LogP) is 2.15. The molecule has 0 radical (unpaired) electrons. The van der Waals surface area contributed by atoms with E-state index in [1.165, 1.54) is 22.0 Å². The van der Waals surface area contributed by atoms with Crippen molar-refractivity contribution in [2.75, 3.05) is 0 Å². The third-order valence-corrected chi connectivity index (χ3v) is 5.28. The van der Waals surface area contributed by atoms with E-state index in [0.717, 1.165) is 24.3 Å². The highest BCUT2D eigenvalue weighted by Crippen LogP contribution is 2.32. The fourth-order valence-electron chi connectivity index (χ4n) is 4.01. The maximum absolute atomic E-state index is 13.0. The van der Waals surface area contributed by atoms with Crippen molar-refractivity contribution >= 4 is 16.9 Å². The molecule has 7 heteroatoms. The summed E-state index contributed by atoms with van der Waals surface area (Å²) in [6, 6.07) is 0.427. The zero-order chi connectivity index (χ0) is 17.7. The molecule has 1 fully saturated rings. The first-order valence-corrected chi connectivity index (χ1v) is 8.85. The smallest absolute Gasteiger partial charge is 0.311 e. The van der Waals surface area contributed by atoms with E-state index in [-0.39, 0.29) is 17.8 Å². The normalized spacial score (nSPS) is 16.1. The zero-order valence-electron chi connectivity index (χ0n) is 14.9. The minimum Gasteiger partial charge on any atom is -0.311 e. The molecule has 0 saturated heterocycles. The van der Waals surface area contributed by atoms with E-state index in [4.69, 9.17) is 0 Å². The maximum Gasteiger partial charge on any atom is 0.332 e. The summed E-state index contributed by atoms with van der Waals surface area (Å²) in [6.07, 6.45) is 10.3. The van der Waals surface area contributed by atoms with Crippen molar-refractivity contribution < 1.29 is 0 Å². The Morgan fingerprint density at radius 1 is 1.28 bits per heavy atom. The molecule has 0 bridgehead atoms. The van der Waals surface area contributed by atoms with Crippen LogP contribution in [0.1, 0.15) is 44.3 Å². The molecule has 0 atom stereocenters. The Hall–Kier alpha value is -2.57. The van der Waals surface area contributed by atoms with Crippen LogP contribution in [-0.2, 0) is 13.6 Å². The molecule has 1 saturated carbocycles. The number of imidazole rings is 2. The van der Waals surface area contributed by atoms with E-state index in [1.807, 2.05) is 29.7 Å². The molecule has 7 nitrogen and oxygen atoms in total. The van der Waals surface area contributed by atoms with Crippen molar-refractivity contribution in [1.82, 2.24) is 23.1 Å². The Kier molecular flexibility index (Phi) is 3.67. The summed E-state index contributed by atoms with van der Waals surface area (Å²) in [5.41, 5.74) is 1.41. The Balaban J connectivity index is 2.07. The van der Waals surface area contributed by atoms with Gasteiger partial charge in [0.1, 0.15) is 0 Å². The predicted molar refractivity (Wildman–Crippen MR) is 97.2 cm³/mol. The van der Waals surface area contributed by atoms with Gasteiger partial charge in [0.05, 0.1) is 0 Å². The van der Waals surface area contributed by atoms with Crippen molar-refractivity contribution in [3.63, 3.8) is 0 Å². The van der Waals surface area contributed by atoms with Gasteiger partial charge in [-0.1, -0.05) is 25.0 Å². The van der Waals surface area contributed by atoms with Gasteiger partial charge in [-0.3, -0.25) is 18.3 Å². The van der Waals surface area contributed by atoms with Crippen LogP contribution in [0.4, 0.5) is 0 Å². The van der Waals surface area contributed by atoms with Crippen molar-refractivity contribution in [2.24, 2.45) is 7.05 Å². The van der Waals surface area contributed by atoms with E-state index >= 15 is 0 Å². The molecule has 1 aliphatic rings. The SMILES string of the molecule is CC=CCn1c(=O)c2c(nc3n(C4CCCC4)c(C)cn23)n(C)c1=O. The minimum absolute atomic E-state index is 0.271. The molecule has 0 unspecified atom stereocenters. The number of hydrogen-bond acceptors (Lipinski definition) is 3. The number of fused-ring (bicyclic) bond motifs is 3. The van der Waals surface area contributed by atoms with E-state index in [2.05, 4.69) is 16.5 Å². The monoisotopic (exact) mass is 341 g/mol. The van der Waals surface area contributed by atoms with Crippen LogP contribution >= 0.6 is 0 Å². The zero-order valence-corrected chi connectivity index (χ0v) is 14.9. The lowest BCUT2D eigenvalue weighted by Gasteiger charge is -2.13. The van der Waals surface area contributed by atoms with Gasteiger partial charge in [-0.15, -0.1) is 0 Å². The third kappa shape index (κ3) is 2.22. The summed E-state index contributed by atoms with van der Waals surface area (Å²) in [5.74, 6) is 0.760. The second-order valence-corrected chi connectivity index (χ2v) is 6.86. The topological polar surface area (TPSA) is 66.2 Å². The van der Waals surface area contributed by atoms with E-state index in [9.17, 15) is 9.59 Å². The lowest BCUT2D eigenvalue weighted by Crippen LogP contribution is -2.39. The fraction of sp³-hybridized carbons (Fsp3) is 0.500. The standard InChI is InChI=1S/C18H23N5O2/c1-4-5-10-21-16(24)14-15(20(3)18(21)25)19-17-22(14)11-12(2)23(17)13-8-6-7-9-13/h4-5,11,13H,6-10H2,1-3H3. The van der Waals surface area contributed by atoms with Crippen LogP contribution in [0.15, 0.2) is 27.9 Å². The molecule has 4 rings (SSSR count). The second-order valence-electron chi connectivity index (χ2n) is 6.86. The van der Waals surface area contributed by atoms with Crippen molar-refractivity contribution in [2.45, 2.75) is 52.1 Å². The lowest BCUT2D eigenvalue weighted by molar-refractivity contribution is 0.520. The third-order valence-electron chi connectivity index (χ3n) is 5.28. The number of aryl methyl sites for hydroxylation is 2. The number of allylic oxidation sites excluding steroid dienone is 2. The van der Waals surface area contributed by atoms with Crippen LogP contribution in [0.25, 0.3) is 16.9 Å². The first-order chi connectivity index (χ1) is 12.0. The number of aromatic nitrogens is 5. The molecule has 1 aliphatic carbocycles. The molecule has 0 amide bonds. The summed E-state index contributed by atoms with van der Waals surface area (Å²) < 4.78 is 6.82. The first-order valence-electron chi connectivity index (χ1n) is 8.85. The number of nitrogens with zero attached hydrogens (tertiary/aromatic N) is 5. The minimum atomic E-state index is -0.333. The van der Waals surface area contributed by atoms with Crippen molar-refractivity contribution in [3.8, 4) is 0 Å². The highest BCUT2D eigenvalue weighted by Gasteiger charge is 2.24. The van der Waals surface area contributed by atoms with Gasteiger partial charge in [0.15, 0.2) is 11.2 Å². The van der Waals surface area contributed by atoms with Gasteiger partial charge in [-0.25, -0.2) is 4.79 Å². The van der Waals surface area contributed by atoms with Crippen molar-refractivity contribution in [3.05, 3.63) is 44.9 Å². The van der Waals surface area contributed by atoms with Gasteiger partial charge in [0, 0.05) is 31.5 Å². The van der Waals surface area contributed by atoms with E-state index in [0.29, 0.717) is 17.2 Å². The Morgan fingerprint density at radius 2 is 2.00 bits per heavy atom. The molecule has 0 N–H and O–H groups in total. The summed E-state index contributed by atoms with van der Waals surface area (Å²) in [4.78, 5) is 30.2. The van der Waals surface area contributed by atoms with Gasteiger partial charge in [0.25, 0.3) is 5.56 Å². The fourth-order valence-corrected chi connectivity index (χ4v) is 4.01. The first kappa shape index (κ1) is 15.9. The van der Waals surface area contributed by atoms with Gasteiger partial charge < -0.3 is 4.57 Å². The Bertz CT molecular complexity index is 1100. The summed E-state index contributed by atoms with van der Waals surface area (Å²) in [6.45, 7) is 4.20. The van der Waals surface area contributed by atoms with Crippen molar-refractivity contribution in [1.29, 1.82) is 0 Å². The number of hydrogen-bond donors (Lipinski definition) is 0. The van der Waals surface area contributed by atoms with Crippen LogP contribution in [0.3, 0.4) is 0 Å². The molecule has 0 aromatic carbocycles. The molecule has 0 aliphatic heterocycles. The van der Waals surface area contributed by atoms with E-state index < -0.39 is 0 Å². The number of rotatable bonds is 3. The van der Waals surface area contributed by atoms with Gasteiger partial charge in [-0.05, 0) is 26.7 Å². The van der Waals surface area contributed by atoms with E-state index in [1.54, 1.807) is 7.05 Å². The maximum atomic E-state index is 13.0. The second kappa shape index (κ2) is 5.75. The van der Waals surface area contributed by atoms with Crippen LogP contribution in [-0.4, -0.2) is 23.1 Å². The molecule has 3 aromatic rings. The summed E-state index contributed by atoms with van der Waals surface area (Å²) >= 11 is 0. The molecule has 0 spiro atoms. The quantitative estimate of drug-likeness (QED) is 0.686. The molecular weight excluding hydrogens is 318 g/mol. The Morgan fingerprint density at radius 3 is 2.68 bits per heavy atom. The van der Waals surface area contributed by atoms with Crippen LogP contribution < -0.4 is 11.2 Å². The van der Waals surface area contributed by atoms with Gasteiger partial charge >= 0.3 is 5.69 Å². The molecule has 3 aromatic heterocycles. The van der Waals surface area contributed by atoms with Crippen LogP contribution in [0.5, 0.6) is 0 Å². The molecule has 3 heterocycles. The highest BCUT2D eigenvalue weighted by atomic mass is 16.2. The van der Waals surface area contributed by atoms with Gasteiger partial charge in [-0.2, -0.15) is 4.98 Å². The average molecular weight is 341 g/mol. The largest absolute Gasteiger partial charge is 0.332 e.